The number of benzene rings is 2. The molecule has 1 saturated heterocycles. The zero-order valence-electron chi connectivity index (χ0n) is 18.4. The van der Waals surface area contributed by atoms with Crippen molar-refractivity contribution in [2.75, 3.05) is 36.8 Å². The van der Waals surface area contributed by atoms with Gasteiger partial charge in [0, 0.05) is 71.2 Å². The highest BCUT2D eigenvalue weighted by Crippen LogP contribution is 2.45. The second kappa shape index (κ2) is 6.60. The van der Waals surface area contributed by atoms with Gasteiger partial charge in [-0.3, -0.25) is 9.69 Å². The lowest BCUT2D eigenvalue weighted by atomic mass is 9.71. The molecule has 5 heteroatoms. The van der Waals surface area contributed by atoms with E-state index in [-0.39, 0.29) is 11.2 Å². The molecule has 3 aliphatic rings. The summed E-state index contributed by atoms with van der Waals surface area (Å²) in [6.07, 6.45) is 4.13. The number of hydrogen-bond donors (Lipinski definition) is 2. The molecule has 3 aromatic rings. The molecule has 2 fully saturated rings. The van der Waals surface area contributed by atoms with Crippen molar-refractivity contribution in [3.63, 3.8) is 0 Å². The van der Waals surface area contributed by atoms with Crippen LogP contribution in [0.2, 0.25) is 0 Å². The summed E-state index contributed by atoms with van der Waals surface area (Å²) in [5.41, 5.74) is 12.3. The molecule has 2 aromatic carbocycles. The van der Waals surface area contributed by atoms with Crippen molar-refractivity contribution in [1.82, 2.24) is 9.88 Å². The standard InChI is InChI=1S/C26H30N4O/c1-26(2)21-15-18(30-12-10-29(11-13-30)17-4-3-5-17)7-9-19(21)24(31)23-20-8-6-16(27)14-22(20)28-25(23)26/h6-9,14-15,17,28H,3-5,10-13,27H2,1-2H3. The summed E-state index contributed by atoms with van der Waals surface area (Å²) in [6.45, 7) is 8.82. The molecule has 0 bridgehead atoms. The number of nitrogens with one attached hydrogen (secondary N) is 1. The Morgan fingerprint density at radius 3 is 2.52 bits per heavy atom. The third kappa shape index (κ3) is 2.76. The summed E-state index contributed by atoms with van der Waals surface area (Å²) in [5.74, 6) is 0.113. The minimum Gasteiger partial charge on any atom is -0.399 e. The molecule has 2 aliphatic carbocycles. The van der Waals surface area contributed by atoms with E-state index in [1.165, 1.54) is 24.9 Å². The van der Waals surface area contributed by atoms with Crippen LogP contribution in [0.3, 0.4) is 0 Å². The van der Waals surface area contributed by atoms with Crippen molar-refractivity contribution in [3.8, 4) is 0 Å². The third-order valence-corrected chi connectivity index (χ3v) is 7.87. The van der Waals surface area contributed by atoms with Gasteiger partial charge < -0.3 is 15.6 Å². The Hall–Kier alpha value is -2.79. The number of H-pyrrole nitrogens is 1. The van der Waals surface area contributed by atoms with Crippen LogP contribution in [-0.4, -0.2) is 47.9 Å². The second-order valence-electron chi connectivity index (χ2n) is 9.97. The van der Waals surface area contributed by atoms with Gasteiger partial charge in [0.15, 0.2) is 5.78 Å². The number of fused-ring (bicyclic) bond motifs is 4. The van der Waals surface area contributed by atoms with E-state index in [0.717, 1.165) is 65.5 Å². The first-order valence-corrected chi connectivity index (χ1v) is 11.5. The number of aromatic amines is 1. The van der Waals surface area contributed by atoms with Crippen molar-refractivity contribution >= 4 is 28.1 Å². The summed E-state index contributed by atoms with van der Waals surface area (Å²) in [6, 6.07) is 13.0. The molecule has 31 heavy (non-hydrogen) atoms. The molecule has 0 amide bonds. The average Bonchev–Trinajstić information content (AvgIpc) is 3.11. The highest BCUT2D eigenvalue weighted by Gasteiger charge is 2.40. The lowest BCUT2D eigenvalue weighted by molar-refractivity contribution is 0.103. The van der Waals surface area contributed by atoms with Crippen molar-refractivity contribution in [3.05, 3.63) is 58.8 Å². The number of rotatable bonds is 2. The number of nitrogens with two attached hydrogens (primary N) is 1. The second-order valence-corrected chi connectivity index (χ2v) is 9.97. The maximum Gasteiger partial charge on any atom is 0.195 e. The SMILES string of the molecule is CC1(C)c2cc(N3CCN(C4CCC4)CC3)ccc2C(=O)c2c1[nH]c1cc(N)ccc21. The zero-order valence-corrected chi connectivity index (χ0v) is 18.4. The molecular formula is C26H30N4O. The number of hydrogen-bond acceptors (Lipinski definition) is 4. The Labute approximate surface area is 183 Å². The molecule has 0 radical (unpaired) electrons. The molecule has 6 rings (SSSR count). The number of anilines is 2. The van der Waals surface area contributed by atoms with E-state index in [1.54, 1.807) is 0 Å². The molecular weight excluding hydrogens is 384 g/mol. The van der Waals surface area contributed by atoms with Crippen LogP contribution >= 0.6 is 0 Å². The van der Waals surface area contributed by atoms with E-state index in [2.05, 4.69) is 40.8 Å². The van der Waals surface area contributed by atoms with Gasteiger partial charge in [0.05, 0.1) is 5.56 Å². The number of carbonyl (C=O) groups excluding carboxylic acids is 1. The van der Waals surface area contributed by atoms with Crippen LogP contribution in [0.4, 0.5) is 11.4 Å². The third-order valence-electron chi connectivity index (χ3n) is 7.87. The topological polar surface area (TPSA) is 65.4 Å². The van der Waals surface area contributed by atoms with Crippen LogP contribution in [-0.2, 0) is 5.41 Å². The fraction of sp³-hybridized carbons (Fsp3) is 0.423. The highest BCUT2D eigenvalue weighted by atomic mass is 16.1. The molecule has 1 saturated carbocycles. The number of piperazine rings is 1. The van der Waals surface area contributed by atoms with Gasteiger partial charge in [-0.2, -0.15) is 0 Å². The highest BCUT2D eigenvalue weighted by molar-refractivity contribution is 6.20. The fourth-order valence-electron chi connectivity index (χ4n) is 5.73. The molecule has 2 heterocycles. The summed E-state index contributed by atoms with van der Waals surface area (Å²) < 4.78 is 0. The van der Waals surface area contributed by atoms with Crippen LogP contribution < -0.4 is 10.6 Å². The Bertz CT molecular complexity index is 1200. The Balaban J connectivity index is 1.36. The first-order valence-electron chi connectivity index (χ1n) is 11.5. The summed E-state index contributed by atoms with van der Waals surface area (Å²) in [5, 5.41) is 0.962. The summed E-state index contributed by atoms with van der Waals surface area (Å²) in [4.78, 5) is 22.2. The van der Waals surface area contributed by atoms with Crippen molar-refractivity contribution in [2.45, 2.75) is 44.6 Å². The number of carbonyl (C=O) groups is 1. The van der Waals surface area contributed by atoms with E-state index < -0.39 is 0 Å². The first-order chi connectivity index (χ1) is 14.9. The lowest BCUT2D eigenvalue weighted by Crippen LogP contribution is -2.52. The normalized spacial score (nSPS) is 21.1. The van der Waals surface area contributed by atoms with Gasteiger partial charge in [0.2, 0.25) is 0 Å². The summed E-state index contributed by atoms with van der Waals surface area (Å²) >= 11 is 0. The van der Waals surface area contributed by atoms with Gasteiger partial charge in [0.1, 0.15) is 0 Å². The number of nitrogen functional groups attached to an aromatic ring is 1. The van der Waals surface area contributed by atoms with Crippen LogP contribution in [0, 0.1) is 0 Å². The minimum atomic E-state index is -0.282. The van der Waals surface area contributed by atoms with E-state index in [1.807, 2.05) is 24.3 Å². The van der Waals surface area contributed by atoms with Crippen LogP contribution in [0.25, 0.3) is 10.9 Å². The minimum absolute atomic E-state index is 0.113. The predicted octanol–water partition coefficient (Wildman–Crippen LogP) is 4.29. The van der Waals surface area contributed by atoms with Gasteiger partial charge in [-0.1, -0.05) is 26.3 Å². The maximum absolute atomic E-state index is 13.5. The van der Waals surface area contributed by atoms with Gasteiger partial charge in [0.25, 0.3) is 0 Å². The molecule has 0 spiro atoms. The molecule has 0 atom stereocenters. The van der Waals surface area contributed by atoms with E-state index in [0.29, 0.717) is 5.69 Å². The maximum atomic E-state index is 13.5. The Kier molecular flexibility index (Phi) is 4.03. The van der Waals surface area contributed by atoms with Gasteiger partial charge in [-0.25, -0.2) is 0 Å². The van der Waals surface area contributed by atoms with Crippen molar-refractivity contribution in [1.29, 1.82) is 0 Å². The average molecular weight is 415 g/mol. The van der Waals surface area contributed by atoms with Gasteiger partial charge >= 0.3 is 0 Å². The lowest BCUT2D eigenvalue weighted by Gasteiger charge is -2.44. The van der Waals surface area contributed by atoms with Crippen LogP contribution in [0.5, 0.6) is 0 Å². The predicted molar refractivity (Wildman–Crippen MR) is 126 cm³/mol. The van der Waals surface area contributed by atoms with Gasteiger partial charge in [-0.05, 0) is 48.7 Å². The number of nitrogens with zero attached hydrogens (tertiary/aromatic N) is 2. The van der Waals surface area contributed by atoms with Crippen LogP contribution in [0.15, 0.2) is 36.4 Å². The zero-order chi connectivity index (χ0) is 21.3. The first kappa shape index (κ1) is 18.9. The van der Waals surface area contributed by atoms with Crippen LogP contribution in [0.1, 0.15) is 60.3 Å². The Morgan fingerprint density at radius 1 is 1.03 bits per heavy atom. The number of aromatic nitrogens is 1. The quantitative estimate of drug-likeness (QED) is 0.614. The van der Waals surface area contributed by atoms with Gasteiger partial charge in [-0.15, -0.1) is 0 Å². The molecule has 1 aliphatic heterocycles. The van der Waals surface area contributed by atoms with Crippen molar-refractivity contribution in [2.24, 2.45) is 0 Å². The molecule has 0 unspecified atom stereocenters. The molecule has 5 nitrogen and oxygen atoms in total. The molecule has 160 valence electrons. The molecule has 1 aromatic heterocycles. The fourth-order valence-corrected chi connectivity index (χ4v) is 5.73. The van der Waals surface area contributed by atoms with E-state index in [4.69, 9.17) is 5.73 Å². The molecule has 3 N–H and O–H groups in total. The smallest absolute Gasteiger partial charge is 0.195 e. The van der Waals surface area contributed by atoms with E-state index in [9.17, 15) is 4.79 Å². The van der Waals surface area contributed by atoms with Crippen molar-refractivity contribution < 1.29 is 4.79 Å². The largest absolute Gasteiger partial charge is 0.399 e. The monoisotopic (exact) mass is 414 g/mol. The summed E-state index contributed by atoms with van der Waals surface area (Å²) in [7, 11) is 0. The van der Waals surface area contributed by atoms with E-state index >= 15 is 0 Å². The Morgan fingerprint density at radius 2 is 1.81 bits per heavy atom. The number of ketones is 1.